The van der Waals surface area contributed by atoms with E-state index in [-0.39, 0.29) is 5.97 Å². The Morgan fingerprint density at radius 3 is 2.42 bits per heavy atom. The van der Waals surface area contributed by atoms with Gasteiger partial charge in [0.15, 0.2) is 0 Å². The second-order valence-electron chi connectivity index (χ2n) is 5.45. The highest BCUT2D eigenvalue weighted by molar-refractivity contribution is 5.89. The van der Waals surface area contributed by atoms with Crippen molar-refractivity contribution in [3.05, 3.63) is 59.7 Å². The van der Waals surface area contributed by atoms with Gasteiger partial charge < -0.3 is 14.2 Å². The van der Waals surface area contributed by atoms with Crippen LogP contribution in [0.25, 0.3) is 0 Å². The molecule has 2 aromatic carbocycles. The molecular formula is C19H23NO4. The fourth-order valence-electron chi connectivity index (χ4n) is 2.30. The third-order valence-electron chi connectivity index (χ3n) is 3.60. The van der Waals surface area contributed by atoms with Gasteiger partial charge in [0.05, 0.1) is 19.8 Å². The van der Waals surface area contributed by atoms with E-state index in [1.807, 2.05) is 49.5 Å². The van der Waals surface area contributed by atoms with Crippen molar-refractivity contribution in [2.75, 3.05) is 34.4 Å². The molecule has 0 heterocycles. The number of nitrogens with zero attached hydrogens (tertiary/aromatic N) is 1. The molecule has 5 nitrogen and oxygen atoms in total. The number of methoxy groups -OCH3 is 2. The van der Waals surface area contributed by atoms with Crippen LogP contribution in [-0.4, -0.2) is 45.3 Å². The molecule has 0 aliphatic heterocycles. The topological polar surface area (TPSA) is 48.0 Å². The molecule has 0 saturated heterocycles. The lowest BCUT2D eigenvalue weighted by molar-refractivity contribution is 0.0600. The normalized spacial score (nSPS) is 10.5. The lowest BCUT2D eigenvalue weighted by Gasteiger charge is -2.17. The van der Waals surface area contributed by atoms with Gasteiger partial charge in [-0.3, -0.25) is 4.90 Å². The lowest BCUT2D eigenvalue weighted by Crippen LogP contribution is -2.24. The van der Waals surface area contributed by atoms with Crippen LogP contribution in [0.5, 0.6) is 11.5 Å². The van der Waals surface area contributed by atoms with E-state index in [2.05, 4.69) is 4.90 Å². The molecule has 0 saturated carbocycles. The summed E-state index contributed by atoms with van der Waals surface area (Å²) >= 11 is 0. The number of likely N-dealkylation sites (N-methyl/N-ethyl adjacent to an activating group) is 1. The first-order valence-electron chi connectivity index (χ1n) is 7.75. The van der Waals surface area contributed by atoms with Crippen molar-refractivity contribution in [3.63, 3.8) is 0 Å². The molecule has 2 rings (SSSR count). The third kappa shape index (κ3) is 5.28. The van der Waals surface area contributed by atoms with Crippen LogP contribution < -0.4 is 9.47 Å². The van der Waals surface area contributed by atoms with Gasteiger partial charge in [-0.2, -0.15) is 0 Å². The molecule has 24 heavy (non-hydrogen) atoms. The van der Waals surface area contributed by atoms with Crippen molar-refractivity contribution >= 4 is 5.97 Å². The highest BCUT2D eigenvalue weighted by Crippen LogP contribution is 2.17. The van der Waals surface area contributed by atoms with Crippen LogP contribution in [0.3, 0.4) is 0 Å². The molecule has 0 spiro atoms. The Kier molecular flexibility index (Phi) is 6.63. The second-order valence-corrected chi connectivity index (χ2v) is 5.45. The van der Waals surface area contributed by atoms with Gasteiger partial charge in [0.2, 0.25) is 0 Å². The summed E-state index contributed by atoms with van der Waals surface area (Å²) in [5.41, 5.74) is 1.63. The predicted octanol–water partition coefficient (Wildman–Crippen LogP) is 2.99. The van der Waals surface area contributed by atoms with E-state index in [0.29, 0.717) is 12.2 Å². The Labute approximate surface area is 142 Å². The Bertz CT molecular complexity index is 655. The van der Waals surface area contributed by atoms with Crippen LogP contribution in [0.4, 0.5) is 0 Å². The number of hydrogen-bond acceptors (Lipinski definition) is 5. The van der Waals surface area contributed by atoms with Gasteiger partial charge in [-0.05, 0) is 49.0 Å². The van der Waals surface area contributed by atoms with Crippen molar-refractivity contribution in [3.8, 4) is 11.5 Å². The maximum atomic E-state index is 11.6. The van der Waals surface area contributed by atoms with Crippen molar-refractivity contribution in [2.24, 2.45) is 0 Å². The lowest BCUT2D eigenvalue weighted by atomic mass is 10.1. The summed E-state index contributed by atoms with van der Waals surface area (Å²) < 4.78 is 15.6. The summed E-state index contributed by atoms with van der Waals surface area (Å²) in [5.74, 6) is 1.31. The molecule has 0 aliphatic carbocycles. The average molecular weight is 329 g/mol. The van der Waals surface area contributed by atoms with E-state index in [1.54, 1.807) is 13.2 Å². The Morgan fingerprint density at radius 2 is 1.75 bits per heavy atom. The number of benzene rings is 2. The summed E-state index contributed by atoms with van der Waals surface area (Å²) in [6.07, 6.45) is 0. The number of ether oxygens (including phenoxy) is 3. The summed E-state index contributed by atoms with van der Waals surface area (Å²) in [5, 5.41) is 0. The minimum absolute atomic E-state index is 0.317. The maximum absolute atomic E-state index is 11.6. The van der Waals surface area contributed by atoms with Gasteiger partial charge in [-0.1, -0.05) is 12.1 Å². The van der Waals surface area contributed by atoms with Gasteiger partial charge in [0.25, 0.3) is 0 Å². The molecule has 0 bridgehead atoms. The van der Waals surface area contributed by atoms with E-state index in [0.717, 1.165) is 30.2 Å². The predicted molar refractivity (Wildman–Crippen MR) is 92.6 cm³/mol. The fraction of sp³-hybridized carbons (Fsp3) is 0.316. The van der Waals surface area contributed by atoms with Crippen LogP contribution in [0, 0.1) is 0 Å². The number of hydrogen-bond donors (Lipinski definition) is 0. The summed E-state index contributed by atoms with van der Waals surface area (Å²) in [7, 11) is 5.04. The first kappa shape index (κ1) is 17.8. The minimum Gasteiger partial charge on any atom is -0.497 e. The molecule has 5 heteroatoms. The molecule has 128 valence electrons. The Morgan fingerprint density at radius 1 is 1.04 bits per heavy atom. The summed E-state index contributed by atoms with van der Waals surface area (Å²) in [6.45, 7) is 2.09. The Balaban J connectivity index is 1.80. The highest BCUT2D eigenvalue weighted by Gasteiger charge is 2.07. The zero-order chi connectivity index (χ0) is 17.4. The average Bonchev–Trinajstić information content (AvgIpc) is 2.61. The van der Waals surface area contributed by atoms with Crippen LogP contribution in [0.1, 0.15) is 15.9 Å². The number of esters is 1. The van der Waals surface area contributed by atoms with Gasteiger partial charge in [0, 0.05) is 13.1 Å². The van der Waals surface area contributed by atoms with Gasteiger partial charge >= 0.3 is 5.97 Å². The molecular weight excluding hydrogens is 306 g/mol. The van der Waals surface area contributed by atoms with Crippen LogP contribution in [0.15, 0.2) is 48.5 Å². The third-order valence-corrected chi connectivity index (χ3v) is 3.60. The van der Waals surface area contributed by atoms with Crippen molar-refractivity contribution in [2.45, 2.75) is 6.54 Å². The number of carbonyl (C=O) groups is 1. The standard InChI is InChI=1S/C19H23NO4/c1-20(11-12-24-18-9-7-17(22-2)8-10-18)14-15-5-4-6-16(13-15)19(21)23-3/h4-10,13H,11-12,14H2,1-3H3. The van der Waals surface area contributed by atoms with Crippen LogP contribution in [0.2, 0.25) is 0 Å². The van der Waals surface area contributed by atoms with E-state index >= 15 is 0 Å². The first-order valence-corrected chi connectivity index (χ1v) is 7.75. The molecule has 0 aromatic heterocycles. The Hall–Kier alpha value is -2.53. The van der Waals surface area contributed by atoms with Gasteiger partial charge in [-0.15, -0.1) is 0 Å². The highest BCUT2D eigenvalue weighted by atomic mass is 16.5. The zero-order valence-electron chi connectivity index (χ0n) is 14.3. The maximum Gasteiger partial charge on any atom is 0.337 e. The second kappa shape index (κ2) is 8.93. The van der Waals surface area contributed by atoms with Crippen LogP contribution in [-0.2, 0) is 11.3 Å². The van der Waals surface area contributed by atoms with E-state index in [4.69, 9.17) is 14.2 Å². The first-order chi connectivity index (χ1) is 11.6. The van der Waals surface area contributed by atoms with E-state index in [9.17, 15) is 4.79 Å². The molecule has 0 N–H and O–H groups in total. The molecule has 0 unspecified atom stereocenters. The fourth-order valence-corrected chi connectivity index (χ4v) is 2.30. The van der Waals surface area contributed by atoms with Crippen molar-refractivity contribution in [1.82, 2.24) is 4.90 Å². The van der Waals surface area contributed by atoms with E-state index < -0.39 is 0 Å². The smallest absolute Gasteiger partial charge is 0.337 e. The van der Waals surface area contributed by atoms with Crippen LogP contribution >= 0.6 is 0 Å². The number of carbonyl (C=O) groups excluding carboxylic acids is 1. The van der Waals surface area contributed by atoms with Crippen molar-refractivity contribution < 1.29 is 19.0 Å². The summed E-state index contributed by atoms with van der Waals surface area (Å²) in [4.78, 5) is 13.7. The van der Waals surface area contributed by atoms with Gasteiger partial charge in [0.1, 0.15) is 18.1 Å². The molecule has 2 aromatic rings. The monoisotopic (exact) mass is 329 g/mol. The number of rotatable bonds is 8. The quantitative estimate of drug-likeness (QED) is 0.697. The summed E-state index contributed by atoms with van der Waals surface area (Å²) in [6, 6.07) is 15.0. The van der Waals surface area contributed by atoms with Gasteiger partial charge in [-0.25, -0.2) is 4.79 Å². The SMILES string of the molecule is COC(=O)c1cccc(CN(C)CCOc2ccc(OC)cc2)c1. The molecule has 0 aliphatic rings. The molecule has 0 amide bonds. The molecule has 0 radical (unpaired) electrons. The van der Waals surface area contributed by atoms with Crippen molar-refractivity contribution in [1.29, 1.82) is 0 Å². The molecule has 0 fully saturated rings. The van der Waals surface area contributed by atoms with E-state index in [1.165, 1.54) is 7.11 Å². The largest absolute Gasteiger partial charge is 0.497 e. The minimum atomic E-state index is -0.317. The zero-order valence-corrected chi connectivity index (χ0v) is 14.3. The molecule has 0 atom stereocenters.